The molecule has 0 unspecified atom stereocenters. The number of carbonyl (C=O) groups is 1. The molecule has 0 atom stereocenters. The molecular formula is C12H15N3O. The first kappa shape index (κ1) is 10.7. The number of rotatable bonds is 5. The fourth-order valence-electron chi connectivity index (χ4n) is 1.36. The highest BCUT2D eigenvalue weighted by Gasteiger charge is 2.21. The van der Waals surface area contributed by atoms with Gasteiger partial charge in [-0.25, -0.2) is 0 Å². The van der Waals surface area contributed by atoms with Crippen molar-refractivity contribution in [3.05, 3.63) is 36.7 Å². The normalized spacial score (nSPS) is 14.2. The topological polar surface area (TPSA) is 54.0 Å². The average Bonchev–Trinajstić information content (AvgIpc) is 3.10. The third kappa shape index (κ3) is 2.82. The lowest BCUT2D eigenvalue weighted by Gasteiger charge is -2.06. The van der Waals surface area contributed by atoms with Crippen molar-refractivity contribution in [1.29, 1.82) is 0 Å². The number of hydrogen-bond donors (Lipinski definition) is 2. The molecule has 0 aromatic carbocycles. The summed E-state index contributed by atoms with van der Waals surface area (Å²) in [6.07, 6.45) is 5.71. The molecule has 84 valence electrons. The van der Waals surface area contributed by atoms with Gasteiger partial charge in [-0.15, -0.1) is 6.58 Å². The van der Waals surface area contributed by atoms with E-state index in [0.29, 0.717) is 18.3 Å². The minimum atomic E-state index is -0.167. The fraction of sp³-hybridized carbons (Fsp3) is 0.333. The molecule has 1 aliphatic carbocycles. The van der Waals surface area contributed by atoms with Crippen LogP contribution >= 0.6 is 0 Å². The van der Waals surface area contributed by atoms with Gasteiger partial charge in [0, 0.05) is 24.5 Å². The number of amides is 1. The van der Waals surface area contributed by atoms with E-state index >= 15 is 0 Å². The Labute approximate surface area is 94.8 Å². The highest BCUT2D eigenvalue weighted by Crippen LogP contribution is 2.24. The number of pyridine rings is 1. The molecule has 0 spiro atoms. The first-order valence-corrected chi connectivity index (χ1v) is 5.41. The number of carbonyl (C=O) groups excluding carboxylic acids is 1. The van der Waals surface area contributed by atoms with E-state index < -0.39 is 0 Å². The summed E-state index contributed by atoms with van der Waals surface area (Å²) < 4.78 is 0. The second kappa shape index (κ2) is 4.79. The summed E-state index contributed by atoms with van der Waals surface area (Å²) in [7, 11) is 0. The molecule has 2 rings (SSSR count). The van der Waals surface area contributed by atoms with Crippen LogP contribution in [0.5, 0.6) is 0 Å². The fourth-order valence-corrected chi connectivity index (χ4v) is 1.36. The second-order valence-corrected chi connectivity index (χ2v) is 3.85. The lowest BCUT2D eigenvalue weighted by atomic mass is 10.3. The zero-order chi connectivity index (χ0) is 11.4. The van der Waals surface area contributed by atoms with Crippen molar-refractivity contribution in [3.63, 3.8) is 0 Å². The molecule has 16 heavy (non-hydrogen) atoms. The van der Waals surface area contributed by atoms with Gasteiger partial charge in [0.25, 0.3) is 5.91 Å². The van der Waals surface area contributed by atoms with Crippen molar-refractivity contribution in [1.82, 2.24) is 10.3 Å². The van der Waals surface area contributed by atoms with Crippen LogP contribution in [0, 0.1) is 0 Å². The minimum Gasteiger partial charge on any atom is -0.382 e. The van der Waals surface area contributed by atoms with Gasteiger partial charge in [-0.2, -0.15) is 0 Å². The SMILES string of the molecule is C=CCNC(=O)c1cc(NC2CC2)ccn1. The predicted octanol–water partition coefficient (Wildman–Crippen LogP) is 1.57. The van der Waals surface area contributed by atoms with E-state index in [2.05, 4.69) is 22.2 Å². The number of aromatic nitrogens is 1. The van der Waals surface area contributed by atoms with Crippen LogP contribution < -0.4 is 10.6 Å². The maximum Gasteiger partial charge on any atom is 0.270 e. The second-order valence-electron chi connectivity index (χ2n) is 3.85. The average molecular weight is 217 g/mol. The van der Waals surface area contributed by atoms with Crippen LogP contribution in [-0.4, -0.2) is 23.5 Å². The summed E-state index contributed by atoms with van der Waals surface area (Å²) in [5, 5.41) is 6.02. The van der Waals surface area contributed by atoms with Crippen molar-refractivity contribution < 1.29 is 4.79 Å². The van der Waals surface area contributed by atoms with Crippen LogP contribution in [-0.2, 0) is 0 Å². The molecule has 1 heterocycles. The summed E-state index contributed by atoms with van der Waals surface area (Å²) in [6, 6.07) is 4.23. The Hall–Kier alpha value is -1.84. The monoisotopic (exact) mass is 217 g/mol. The van der Waals surface area contributed by atoms with Gasteiger partial charge in [-0.1, -0.05) is 6.08 Å². The van der Waals surface area contributed by atoms with Crippen molar-refractivity contribution in [3.8, 4) is 0 Å². The molecule has 1 aliphatic rings. The van der Waals surface area contributed by atoms with Crippen molar-refractivity contribution in [2.75, 3.05) is 11.9 Å². The highest BCUT2D eigenvalue weighted by molar-refractivity contribution is 5.93. The first-order valence-electron chi connectivity index (χ1n) is 5.41. The standard InChI is InChI=1S/C12H15N3O/c1-2-6-14-12(16)11-8-10(5-7-13-11)15-9-3-4-9/h2,5,7-9H,1,3-4,6H2,(H,13,15)(H,14,16). The minimum absolute atomic E-state index is 0.167. The molecular weight excluding hydrogens is 202 g/mol. The highest BCUT2D eigenvalue weighted by atomic mass is 16.1. The van der Waals surface area contributed by atoms with Crippen molar-refractivity contribution in [2.45, 2.75) is 18.9 Å². The summed E-state index contributed by atoms with van der Waals surface area (Å²) in [5.74, 6) is -0.167. The van der Waals surface area contributed by atoms with Crippen LogP contribution in [0.1, 0.15) is 23.3 Å². The zero-order valence-corrected chi connectivity index (χ0v) is 9.07. The molecule has 0 saturated heterocycles. The molecule has 1 fully saturated rings. The predicted molar refractivity (Wildman–Crippen MR) is 63.4 cm³/mol. The number of nitrogens with zero attached hydrogens (tertiary/aromatic N) is 1. The maximum absolute atomic E-state index is 11.6. The first-order chi connectivity index (χ1) is 7.79. The number of hydrogen-bond acceptors (Lipinski definition) is 3. The van der Waals surface area contributed by atoms with Gasteiger partial charge in [0.05, 0.1) is 0 Å². The van der Waals surface area contributed by atoms with Crippen molar-refractivity contribution >= 4 is 11.6 Å². The van der Waals surface area contributed by atoms with Gasteiger partial charge in [0.2, 0.25) is 0 Å². The van der Waals surface area contributed by atoms with Gasteiger partial charge in [0.1, 0.15) is 5.69 Å². The van der Waals surface area contributed by atoms with Gasteiger partial charge in [-0.3, -0.25) is 9.78 Å². The molecule has 1 amide bonds. The van der Waals surface area contributed by atoms with Crippen LogP contribution in [0.15, 0.2) is 31.0 Å². The van der Waals surface area contributed by atoms with E-state index in [1.807, 2.05) is 6.07 Å². The molecule has 1 aromatic rings. The number of nitrogens with one attached hydrogen (secondary N) is 2. The smallest absolute Gasteiger partial charge is 0.270 e. The summed E-state index contributed by atoms with van der Waals surface area (Å²) in [5.41, 5.74) is 1.40. The molecule has 1 aromatic heterocycles. The van der Waals surface area contributed by atoms with Crippen LogP contribution in [0.4, 0.5) is 5.69 Å². The molecule has 4 heteroatoms. The lowest BCUT2D eigenvalue weighted by Crippen LogP contribution is -2.24. The molecule has 0 bridgehead atoms. The van der Waals surface area contributed by atoms with E-state index in [4.69, 9.17) is 0 Å². The quantitative estimate of drug-likeness (QED) is 0.736. The van der Waals surface area contributed by atoms with E-state index in [-0.39, 0.29) is 5.91 Å². The van der Waals surface area contributed by atoms with Gasteiger partial charge >= 0.3 is 0 Å². The van der Waals surface area contributed by atoms with Crippen LogP contribution in [0.3, 0.4) is 0 Å². The zero-order valence-electron chi connectivity index (χ0n) is 9.07. The van der Waals surface area contributed by atoms with Gasteiger partial charge in [-0.05, 0) is 25.0 Å². The Bertz CT molecular complexity index is 399. The third-order valence-electron chi connectivity index (χ3n) is 2.35. The molecule has 0 aliphatic heterocycles. The van der Waals surface area contributed by atoms with E-state index in [0.717, 1.165) is 5.69 Å². The van der Waals surface area contributed by atoms with Gasteiger partial charge < -0.3 is 10.6 Å². The third-order valence-corrected chi connectivity index (χ3v) is 2.35. The maximum atomic E-state index is 11.6. The Morgan fingerprint density at radius 3 is 3.12 bits per heavy atom. The largest absolute Gasteiger partial charge is 0.382 e. The molecule has 1 saturated carbocycles. The van der Waals surface area contributed by atoms with E-state index in [1.54, 1.807) is 18.3 Å². The van der Waals surface area contributed by atoms with Crippen LogP contribution in [0.2, 0.25) is 0 Å². The summed E-state index contributed by atoms with van der Waals surface area (Å²) in [4.78, 5) is 15.6. The Morgan fingerprint density at radius 2 is 2.44 bits per heavy atom. The Morgan fingerprint density at radius 1 is 1.62 bits per heavy atom. The Balaban J connectivity index is 2.01. The summed E-state index contributed by atoms with van der Waals surface area (Å²) in [6.45, 7) is 4.00. The van der Waals surface area contributed by atoms with E-state index in [1.165, 1.54) is 12.8 Å². The lowest BCUT2D eigenvalue weighted by molar-refractivity contribution is 0.0953. The molecule has 0 radical (unpaired) electrons. The molecule has 4 nitrogen and oxygen atoms in total. The van der Waals surface area contributed by atoms with Gasteiger partial charge in [0.15, 0.2) is 0 Å². The molecule has 2 N–H and O–H groups in total. The van der Waals surface area contributed by atoms with Crippen molar-refractivity contribution in [2.24, 2.45) is 0 Å². The summed E-state index contributed by atoms with van der Waals surface area (Å²) >= 11 is 0. The van der Waals surface area contributed by atoms with E-state index in [9.17, 15) is 4.79 Å². The Kier molecular flexibility index (Phi) is 3.19. The van der Waals surface area contributed by atoms with Crippen LogP contribution in [0.25, 0.3) is 0 Å². The number of anilines is 1.